The first-order valence-electron chi connectivity index (χ1n) is 9.78. The maximum absolute atomic E-state index is 12.9. The summed E-state index contributed by atoms with van der Waals surface area (Å²) in [6, 6.07) is 19.4. The third kappa shape index (κ3) is 4.41. The van der Waals surface area contributed by atoms with Gasteiger partial charge >= 0.3 is 0 Å². The van der Waals surface area contributed by atoms with E-state index in [2.05, 4.69) is 16.5 Å². The summed E-state index contributed by atoms with van der Waals surface area (Å²) in [4.78, 5) is 23.2. The third-order valence-corrected chi connectivity index (χ3v) is 5.83. The fourth-order valence-corrected chi connectivity index (χ4v) is 4.49. The molecule has 1 unspecified atom stereocenters. The van der Waals surface area contributed by atoms with Crippen molar-refractivity contribution in [2.24, 2.45) is 0 Å². The first-order chi connectivity index (χ1) is 14.7. The summed E-state index contributed by atoms with van der Waals surface area (Å²) in [7, 11) is 0. The Morgan fingerprint density at radius 3 is 2.53 bits per heavy atom. The lowest BCUT2D eigenvalue weighted by atomic mass is 10.1. The number of aromatic nitrogens is 2. The predicted molar refractivity (Wildman–Crippen MR) is 123 cm³/mol. The van der Waals surface area contributed by atoms with Crippen LogP contribution in [0, 0.1) is 0 Å². The molecule has 6 heteroatoms. The summed E-state index contributed by atoms with van der Waals surface area (Å²) in [6.07, 6.45) is 1.15. The monoisotopic (exact) mass is 417 g/mol. The molecule has 4 rings (SSSR count). The fraction of sp³-hybridized carbons (Fsp3) is 0.167. The van der Waals surface area contributed by atoms with Gasteiger partial charge in [-0.25, -0.2) is 4.98 Å². The van der Waals surface area contributed by atoms with Gasteiger partial charge in [0, 0.05) is 24.0 Å². The van der Waals surface area contributed by atoms with Crippen molar-refractivity contribution < 1.29 is 5.11 Å². The van der Waals surface area contributed by atoms with Crippen LogP contribution in [-0.4, -0.2) is 33.1 Å². The number of nitrogens with one attached hydrogen (secondary N) is 1. The SMILES string of the molecule is C=CCN(Cc1nc2scc(-c3ccccc3)c2c(=O)[nH]1)CC(O)c1ccccc1. The highest BCUT2D eigenvalue weighted by Gasteiger charge is 2.17. The quantitative estimate of drug-likeness (QED) is 0.418. The molecule has 1 atom stereocenters. The maximum Gasteiger partial charge on any atom is 0.260 e. The van der Waals surface area contributed by atoms with Gasteiger partial charge in [-0.05, 0) is 11.1 Å². The average molecular weight is 418 g/mol. The molecule has 4 aromatic rings. The van der Waals surface area contributed by atoms with E-state index in [1.807, 2.05) is 70.9 Å². The van der Waals surface area contributed by atoms with Gasteiger partial charge in [-0.15, -0.1) is 17.9 Å². The second-order valence-corrected chi connectivity index (χ2v) is 7.98. The summed E-state index contributed by atoms with van der Waals surface area (Å²) >= 11 is 1.47. The molecular weight excluding hydrogens is 394 g/mol. The number of aromatic amines is 1. The zero-order valence-electron chi connectivity index (χ0n) is 16.5. The van der Waals surface area contributed by atoms with Crippen molar-refractivity contribution in [2.45, 2.75) is 12.6 Å². The third-order valence-electron chi connectivity index (χ3n) is 4.95. The molecule has 0 aliphatic heterocycles. The van der Waals surface area contributed by atoms with E-state index in [-0.39, 0.29) is 5.56 Å². The first kappa shape index (κ1) is 20.2. The van der Waals surface area contributed by atoms with E-state index >= 15 is 0 Å². The Kier molecular flexibility index (Phi) is 6.18. The predicted octanol–water partition coefficient (Wildman–Crippen LogP) is 4.37. The largest absolute Gasteiger partial charge is 0.387 e. The minimum Gasteiger partial charge on any atom is -0.387 e. The highest BCUT2D eigenvalue weighted by molar-refractivity contribution is 7.17. The number of fused-ring (bicyclic) bond motifs is 1. The normalized spacial score (nSPS) is 12.3. The van der Waals surface area contributed by atoms with Crippen molar-refractivity contribution in [1.82, 2.24) is 14.9 Å². The number of rotatable bonds is 8. The Bertz CT molecular complexity index is 1190. The van der Waals surface area contributed by atoms with Crippen LogP contribution in [0.4, 0.5) is 0 Å². The molecule has 0 aliphatic rings. The molecule has 2 aromatic heterocycles. The van der Waals surface area contributed by atoms with Gasteiger partial charge in [0.15, 0.2) is 0 Å². The summed E-state index contributed by atoms with van der Waals surface area (Å²) < 4.78 is 0. The van der Waals surface area contributed by atoms with E-state index in [0.717, 1.165) is 21.5 Å². The lowest BCUT2D eigenvalue weighted by Crippen LogP contribution is -2.30. The lowest BCUT2D eigenvalue weighted by molar-refractivity contribution is 0.114. The number of thiophene rings is 1. The van der Waals surface area contributed by atoms with Crippen LogP contribution in [0.15, 0.2) is 83.5 Å². The standard InChI is InChI=1S/C24H23N3O2S/c1-2-13-27(14-20(28)18-11-7-4-8-12-18)15-21-25-23(29)22-19(16-30-24(22)26-21)17-9-5-3-6-10-17/h2-12,16,20,28H,1,13-15H2,(H,25,26,29). The summed E-state index contributed by atoms with van der Waals surface area (Å²) in [6.45, 7) is 5.22. The molecule has 0 amide bonds. The fourth-order valence-electron chi connectivity index (χ4n) is 3.52. The number of benzene rings is 2. The molecule has 0 saturated heterocycles. The lowest BCUT2D eigenvalue weighted by Gasteiger charge is -2.23. The topological polar surface area (TPSA) is 69.2 Å². The van der Waals surface area contributed by atoms with Crippen molar-refractivity contribution >= 4 is 21.6 Å². The number of aliphatic hydroxyl groups is 1. The van der Waals surface area contributed by atoms with Gasteiger partial charge in [-0.3, -0.25) is 9.69 Å². The van der Waals surface area contributed by atoms with E-state index in [0.29, 0.717) is 30.8 Å². The Hall–Kier alpha value is -3.06. The Balaban J connectivity index is 1.59. The van der Waals surface area contributed by atoms with Crippen LogP contribution in [0.1, 0.15) is 17.5 Å². The molecule has 2 aromatic carbocycles. The smallest absolute Gasteiger partial charge is 0.260 e. The van der Waals surface area contributed by atoms with Gasteiger partial charge in [0.25, 0.3) is 5.56 Å². The zero-order chi connectivity index (χ0) is 20.9. The van der Waals surface area contributed by atoms with Gasteiger partial charge in [0.2, 0.25) is 0 Å². The van der Waals surface area contributed by atoms with Crippen molar-refractivity contribution in [1.29, 1.82) is 0 Å². The second-order valence-electron chi connectivity index (χ2n) is 7.12. The van der Waals surface area contributed by atoms with Crippen molar-refractivity contribution in [3.63, 3.8) is 0 Å². The van der Waals surface area contributed by atoms with Gasteiger partial charge in [0.05, 0.1) is 18.0 Å². The number of hydrogen-bond donors (Lipinski definition) is 2. The molecule has 0 aliphatic carbocycles. The van der Waals surface area contributed by atoms with Crippen molar-refractivity contribution in [2.75, 3.05) is 13.1 Å². The van der Waals surface area contributed by atoms with E-state index in [4.69, 9.17) is 0 Å². The molecule has 2 heterocycles. The molecule has 30 heavy (non-hydrogen) atoms. The molecule has 0 spiro atoms. The van der Waals surface area contributed by atoms with E-state index in [1.165, 1.54) is 11.3 Å². The van der Waals surface area contributed by atoms with Crippen molar-refractivity contribution in [3.05, 3.63) is 100 Å². The van der Waals surface area contributed by atoms with Gasteiger partial charge < -0.3 is 10.1 Å². The second kappa shape index (κ2) is 9.17. The maximum atomic E-state index is 12.9. The van der Waals surface area contributed by atoms with Gasteiger partial charge in [-0.1, -0.05) is 66.7 Å². The summed E-state index contributed by atoms with van der Waals surface area (Å²) in [5.41, 5.74) is 2.62. The first-order valence-corrected chi connectivity index (χ1v) is 10.7. The molecule has 5 nitrogen and oxygen atoms in total. The highest BCUT2D eigenvalue weighted by atomic mass is 32.1. The van der Waals surface area contributed by atoms with E-state index in [1.54, 1.807) is 6.08 Å². The van der Waals surface area contributed by atoms with Gasteiger partial charge in [-0.2, -0.15) is 0 Å². The van der Waals surface area contributed by atoms with E-state index in [9.17, 15) is 9.90 Å². The van der Waals surface area contributed by atoms with Gasteiger partial charge in [0.1, 0.15) is 10.7 Å². The van der Waals surface area contributed by atoms with Crippen LogP contribution in [0.25, 0.3) is 21.3 Å². The molecular formula is C24H23N3O2S. The van der Waals surface area contributed by atoms with Crippen LogP contribution in [0.5, 0.6) is 0 Å². The number of nitrogens with zero attached hydrogens (tertiary/aromatic N) is 2. The minimum absolute atomic E-state index is 0.141. The number of H-pyrrole nitrogens is 1. The molecule has 0 bridgehead atoms. The molecule has 152 valence electrons. The number of aliphatic hydroxyl groups excluding tert-OH is 1. The van der Waals surface area contributed by atoms with Crippen LogP contribution < -0.4 is 5.56 Å². The number of hydrogen-bond acceptors (Lipinski definition) is 5. The molecule has 2 N–H and O–H groups in total. The summed E-state index contributed by atoms with van der Waals surface area (Å²) in [5, 5.41) is 13.2. The zero-order valence-corrected chi connectivity index (χ0v) is 17.3. The minimum atomic E-state index is -0.631. The molecule has 0 radical (unpaired) electrons. The summed E-state index contributed by atoms with van der Waals surface area (Å²) in [5.74, 6) is 0.580. The van der Waals surface area contributed by atoms with Crippen LogP contribution in [0.2, 0.25) is 0 Å². The average Bonchev–Trinajstić information content (AvgIpc) is 3.20. The van der Waals surface area contributed by atoms with E-state index < -0.39 is 6.10 Å². The molecule has 0 fully saturated rings. The Morgan fingerprint density at radius 2 is 1.83 bits per heavy atom. The Labute approximate surface area is 179 Å². The van der Waals surface area contributed by atoms with Crippen LogP contribution >= 0.6 is 11.3 Å². The molecule has 0 saturated carbocycles. The highest BCUT2D eigenvalue weighted by Crippen LogP contribution is 2.30. The van der Waals surface area contributed by atoms with Crippen LogP contribution in [0.3, 0.4) is 0 Å². The van der Waals surface area contributed by atoms with Crippen LogP contribution in [-0.2, 0) is 6.54 Å². The Morgan fingerprint density at radius 1 is 1.13 bits per heavy atom. The van der Waals surface area contributed by atoms with Crippen molar-refractivity contribution in [3.8, 4) is 11.1 Å².